The van der Waals surface area contributed by atoms with Crippen LogP contribution in [0.5, 0.6) is 0 Å². The van der Waals surface area contributed by atoms with Crippen LogP contribution in [0.2, 0.25) is 0 Å². The summed E-state index contributed by atoms with van der Waals surface area (Å²) in [6.07, 6.45) is -1.67. The summed E-state index contributed by atoms with van der Waals surface area (Å²) in [4.78, 5) is 21.1. The van der Waals surface area contributed by atoms with Crippen LogP contribution in [0.15, 0.2) is 0 Å². The van der Waals surface area contributed by atoms with Gasteiger partial charge in [0.25, 0.3) is 0 Å². The van der Waals surface area contributed by atoms with Crippen LogP contribution in [0.4, 0.5) is 0 Å². The van der Waals surface area contributed by atoms with Gasteiger partial charge in [-0.2, -0.15) is 0 Å². The highest BCUT2D eigenvalue weighted by molar-refractivity contribution is 7.90. The van der Waals surface area contributed by atoms with Gasteiger partial charge in [0.2, 0.25) is 10.0 Å². The molecule has 2 unspecified atom stereocenters. The molecule has 0 bridgehead atoms. The quantitative estimate of drug-likeness (QED) is 0.464. The monoisotopic (exact) mass is 255 g/mol. The highest BCUT2D eigenvalue weighted by atomic mass is 32.2. The second kappa shape index (κ2) is 5.77. The summed E-state index contributed by atoms with van der Waals surface area (Å²) in [6.45, 7) is 0.335. The Morgan fingerprint density at radius 1 is 1.44 bits per heavy atom. The predicted molar refractivity (Wildman–Crippen MR) is 52.0 cm³/mol. The van der Waals surface area contributed by atoms with Crippen LogP contribution in [0.3, 0.4) is 0 Å². The molecular weight excluding hydrogens is 242 g/mol. The Morgan fingerprint density at radius 3 is 2.31 bits per heavy atom. The fraction of sp³-hybridized carbons (Fsp3) is 0.714. The smallest absolute Gasteiger partial charge is 0.336 e. The number of carboxylic acid groups (broad SMARTS) is 1. The molecule has 0 spiro atoms. The first-order valence-corrected chi connectivity index (χ1v) is 5.74. The van der Waals surface area contributed by atoms with Crippen LogP contribution in [0, 0.1) is 0 Å². The van der Waals surface area contributed by atoms with Crippen molar-refractivity contribution < 1.29 is 33.0 Å². The zero-order valence-electron chi connectivity index (χ0n) is 8.71. The Morgan fingerprint density at radius 2 is 1.94 bits per heavy atom. The molecule has 0 saturated carbocycles. The first-order valence-electron chi connectivity index (χ1n) is 4.19. The molecule has 0 fully saturated rings. The average molecular weight is 255 g/mol. The van der Waals surface area contributed by atoms with Gasteiger partial charge in [0.05, 0.1) is 7.11 Å². The number of hydrogen-bond donors (Lipinski definition) is 3. The summed E-state index contributed by atoms with van der Waals surface area (Å²) in [6, 6.07) is 0. The molecule has 0 aliphatic heterocycles. The molecule has 0 aromatic rings. The van der Waals surface area contributed by atoms with E-state index in [4.69, 9.17) is 10.2 Å². The van der Waals surface area contributed by atoms with Crippen LogP contribution >= 0.6 is 0 Å². The molecule has 0 amide bonds. The van der Waals surface area contributed by atoms with Gasteiger partial charge in [-0.1, -0.05) is 0 Å². The van der Waals surface area contributed by atoms with Crippen molar-refractivity contribution in [3.8, 4) is 0 Å². The lowest BCUT2D eigenvalue weighted by molar-refractivity contribution is -0.149. The third-order valence-corrected chi connectivity index (χ3v) is 3.47. The Labute approximate surface area is 92.3 Å². The number of sulfonamides is 1. The Kier molecular flexibility index (Phi) is 5.35. The number of esters is 1. The Hall–Kier alpha value is -1.19. The zero-order valence-corrected chi connectivity index (χ0v) is 9.52. The number of hydrogen-bond acceptors (Lipinski definition) is 6. The van der Waals surface area contributed by atoms with Crippen LogP contribution < -0.4 is 4.72 Å². The lowest BCUT2D eigenvalue weighted by atomic mass is 10.4. The Balaban J connectivity index is 4.41. The first-order chi connectivity index (χ1) is 7.22. The summed E-state index contributed by atoms with van der Waals surface area (Å²) in [5.41, 5.74) is 0. The number of ether oxygens (including phenoxy) is 1. The second-order valence-corrected chi connectivity index (χ2v) is 5.00. The highest BCUT2D eigenvalue weighted by Crippen LogP contribution is 1.98. The molecule has 0 saturated heterocycles. The molecule has 2 atom stereocenters. The van der Waals surface area contributed by atoms with E-state index in [1.807, 2.05) is 0 Å². The number of carbonyl (C=O) groups is 2. The van der Waals surface area contributed by atoms with E-state index >= 15 is 0 Å². The first kappa shape index (κ1) is 14.8. The van der Waals surface area contributed by atoms with Crippen LogP contribution in [0.25, 0.3) is 0 Å². The van der Waals surface area contributed by atoms with E-state index < -0.39 is 39.9 Å². The van der Waals surface area contributed by atoms with Crippen molar-refractivity contribution in [3.63, 3.8) is 0 Å². The largest absolute Gasteiger partial charge is 0.480 e. The van der Waals surface area contributed by atoms with Crippen molar-refractivity contribution >= 4 is 22.0 Å². The number of nitrogens with one attached hydrogen (secondary N) is 1. The molecule has 0 aliphatic rings. The molecule has 0 aromatic heterocycles. The van der Waals surface area contributed by atoms with E-state index in [1.54, 1.807) is 4.72 Å². The van der Waals surface area contributed by atoms with Crippen molar-refractivity contribution in [3.05, 3.63) is 0 Å². The number of carboxylic acids is 1. The fourth-order valence-electron chi connectivity index (χ4n) is 0.672. The molecule has 0 radical (unpaired) electrons. The highest BCUT2D eigenvalue weighted by Gasteiger charge is 2.28. The Bertz CT molecular complexity index is 363. The van der Waals surface area contributed by atoms with Gasteiger partial charge in [-0.15, -0.1) is 0 Å². The van der Waals surface area contributed by atoms with Crippen molar-refractivity contribution in [2.24, 2.45) is 0 Å². The number of carbonyl (C=O) groups excluding carboxylic acids is 1. The van der Waals surface area contributed by atoms with Gasteiger partial charge in [0, 0.05) is 6.54 Å². The van der Waals surface area contributed by atoms with E-state index in [9.17, 15) is 18.0 Å². The van der Waals surface area contributed by atoms with Gasteiger partial charge >= 0.3 is 11.9 Å². The van der Waals surface area contributed by atoms with Gasteiger partial charge < -0.3 is 14.9 Å². The minimum Gasteiger partial charge on any atom is -0.480 e. The standard InChI is InChI=1S/C7H13NO7S/c1-4(6(10)11)16(13,14)8-3-5(9)7(12)15-2/h4-5,8-9H,3H2,1-2H3,(H,10,11). The summed E-state index contributed by atoms with van der Waals surface area (Å²) in [5.74, 6) is -2.54. The van der Waals surface area contributed by atoms with Crippen molar-refractivity contribution in [2.45, 2.75) is 18.3 Å². The molecular formula is C7H13NO7S. The van der Waals surface area contributed by atoms with Gasteiger partial charge in [-0.05, 0) is 6.92 Å². The van der Waals surface area contributed by atoms with E-state index in [0.717, 1.165) is 14.0 Å². The van der Waals surface area contributed by atoms with Crippen LogP contribution in [-0.4, -0.2) is 55.6 Å². The third-order valence-electron chi connectivity index (χ3n) is 1.76. The molecule has 0 rings (SSSR count). The lowest BCUT2D eigenvalue weighted by Crippen LogP contribution is -2.43. The maximum absolute atomic E-state index is 11.2. The summed E-state index contributed by atoms with van der Waals surface area (Å²) < 4.78 is 28.4. The molecule has 16 heavy (non-hydrogen) atoms. The molecule has 94 valence electrons. The second-order valence-electron chi connectivity index (χ2n) is 2.91. The topological polar surface area (TPSA) is 130 Å². The van der Waals surface area contributed by atoms with Crippen molar-refractivity contribution in [1.82, 2.24) is 4.72 Å². The van der Waals surface area contributed by atoms with Crippen molar-refractivity contribution in [1.29, 1.82) is 0 Å². The lowest BCUT2D eigenvalue weighted by Gasteiger charge is -2.12. The van der Waals surface area contributed by atoms with Gasteiger partial charge in [0.15, 0.2) is 11.4 Å². The van der Waals surface area contributed by atoms with E-state index in [0.29, 0.717) is 0 Å². The molecule has 0 heterocycles. The van der Waals surface area contributed by atoms with E-state index in [2.05, 4.69) is 4.74 Å². The molecule has 0 aliphatic carbocycles. The fourth-order valence-corrected chi connectivity index (χ4v) is 1.58. The molecule has 3 N–H and O–H groups in total. The van der Waals surface area contributed by atoms with E-state index in [1.165, 1.54) is 0 Å². The van der Waals surface area contributed by atoms with Gasteiger partial charge in [-0.25, -0.2) is 17.9 Å². The summed E-state index contributed by atoms with van der Waals surface area (Å²) >= 11 is 0. The molecule has 0 aromatic carbocycles. The summed E-state index contributed by atoms with van der Waals surface area (Å²) in [5, 5.41) is 15.8. The normalized spacial score (nSPS) is 15.2. The number of methoxy groups -OCH3 is 1. The number of aliphatic hydroxyl groups is 1. The molecule has 8 nitrogen and oxygen atoms in total. The number of rotatable bonds is 6. The van der Waals surface area contributed by atoms with Crippen molar-refractivity contribution in [2.75, 3.05) is 13.7 Å². The maximum atomic E-state index is 11.2. The maximum Gasteiger partial charge on any atom is 0.336 e. The van der Waals surface area contributed by atoms with Crippen LogP contribution in [0.1, 0.15) is 6.92 Å². The predicted octanol–water partition coefficient (Wildman–Crippen LogP) is -2.09. The minimum absolute atomic E-state index is 0.632. The SMILES string of the molecule is COC(=O)C(O)CNS(=O)(=O)C(C)C(=O)O. The van der Waals surface area contributed by atoms with Crippen LogP contribution in [-0.2, 0) is 24.3 Å². The van der Waals surface area contributed by atoms with E-state index in [-0.39, 0.29) is 0 Å². The van der Waals surface area contributed by atoms with Gasteiger partial charge in [0.1, 0.15) is 0 Å². The molecule has 9 heteroatoms. The number of aliphatic carboxylic acids is 1. The third kappa shape index (κ3) is 4.13. The average Bonchev–Trinajstić information content (AvgIpc) is 2.23. The summed E-state index contributed by atoms with van der Waals surface area (Å²) in [7, 11) is -3.09. The van der Waals surface area contributed by atoms with Gasteiger partial charge in [-0.3, -0.25) is 4.79 Å². The number of aliphatic hydroxyl groups excluding tert-OH is 1. The minimum atomic E-state index is -4.11. The zero-order chi connectivity index (χ0) is 12.9.